The van der Waals surface area contributed by atoms with Gasteiger partial charge in [0, 0.05) is 84.6 Å². The summed E-state index contributed by atoms with van der Waals surface area (Å²) in [6.07, 6.45) is 10.3. The van der Waals surface area contributed by atoms with Crippen LogP contribution >= 0.6 is 0 Å². The van der Waals surface area contributed by atoms with Crippen LogP contribution in [0.5, 0.6) is 0 Å². The monoisotopic (exact) mass is 1070 g/mol. The lowest BCUT2D eigenvalue weighted by molar-refractivity contribution is -0.265. The number of esters is 1. The molecule has 5 rings (SSSR count). The number of hydrogen-bond donors (Lipinski definition) is 3. The molecule has 1 saturated carbocycles. The lowest BCUT2D eigenvalue weighted by Crippen LogP contribution is -2.61. The van der Waals surface area contributed by atoms with Crippen molar-refractivity contribution in [3.05, 3.63) is 47.6 Å². The van der Waals surface area contributed by atoms with Gasteiger partial charge in [0.25, 0.3) is 11.7 Å². The average molecular weight is 1070 g/mol. The van der Waals surface area contributed by atoms with E-state index < -0.39 is 102 Å². The number of methoxy groups -OCH3 is 3. The highest BCUT2D eigenvalue weighted by atomic mass is 16.6. The van der Waals surface area contributed by atoms with Crippen molar-refractivity contribution in [3.63, 3.8) is 0 Å². The number of alkyl carbamates (subject to hydrolysis) is 1. The van der Waals surface area contributed by atoms with Crippen molar-refractivity contribution in [1.82, 2.24) is 15.1 Å². The van der Waals surface area contributed by atoms with Crippen molar-refractivity contribution < 1.29 is 72.1 Å². The lowest BCUT2D eigenvalue weighted by Gasteiger charge is -2.42. The van der Waals surface area contributed by atoms with Gasteiger partial charge in [0.15, 0.2) is 5.78 Å². The van der Waals surface area contributed by atoms with E-state index in [9.17, 15) is 39.0 Å². The number of nitrogens with one attached hydrogen (secondary N) is 1. The fourth-order valence-corrected chi connectivity index (χ4v) is 11.6. The molecular formula is C58H91N3O15. The number of piperidine rings is 1. The molecule has 1 aliphatic carbocycles. The first kappa shape index (κ1) is 62.7. The second kappa shape index (κ2) is 30.3. The molecule has 0 radical (unpaired) electrons. The van der Waals surface area contributed by atoms with E-state index in [1.807, 2.05) is 58.1 Å². The number of aliphatic hydroxyl groups is 2. The number of Topliss-reactive ketones (excluding diaryl/α,β-unsaturated/α-hetero) is 3. The molecule has 0 spiro atoms. The first-order valence-corrected chi connectivity index (χ1v) is 27.9. The fourth-order valence-electron chi connectivity index (χ4n) is 11.6. The Morgan fingerprint density at radius 2 is 1.59 bits per heavy atom. The van der Waals surface area contributed by atoms with E-state index >= 15 is 0 Å². The molecule has 4 fully saturated rings. The summed E-state index contributed by atoms with van der Waals surface area (Å²) in [5.74, 6) is -8.29. The van der Waals surface area contributed by atoms with Gasteiger partial charge in [0.2, 0.25) is 5.79 Å². The van der Waals surface area contributed by atoms with Crippen LogP contribution in [0.2, 0.25) is 0 Å². The van der Waals surface area contributed by atoms with Gasteiger partial charge in [-0.25, -0.2) is 9.59 Å². The van der Waals surface area contributed by atoms with E-state index in [0.717, 1.165) is 18.7 Å². The summed E-state index contributed by atoms with van der Waals surface area (Å²) in [5.41, 5.74) is 1.24. The molecule has 18 nitrogen and oxygen atoms in total. The Kier molecular flexibility index (Phi) is 25.0. The van der Waals surface area contributed by atoms with Crippen molar-refractivity contribution in [2.45, 2.75) is 180 Å². The van der Waals surface area contributed by atoms with Gasteiger partial charge in [-0.05, 0) is 107 Å². The summed E-state index contributed by atoms with van der Waals surface area (Å²) < 4.78 is 41.2. The van der Waals surface area contributed by atoms with Crippen LogP contribution in [0.25, 0.3) is 0 Å². The Morgan fingerprint density at radius 3 is 2.29 bits per heavy atom. The highest BCUT2D eigenvalue weighted by molar-refractivity contribution is 6.39. The van der Waals surface area contributed by atoms with Crippen molar-refractivity contribution >= 4 is 35.3 Å². The molecule has 0 aromatic heterocycles. The molecule has 0 aromatic rings. The number of nitrogens with zero attached hydrogens (tertiary/aromatic N) is 2. The third-order valence-corrected chi connectivity index (χ3v) is 16.5. The van der Waals surface area contributed by atoms with Crippen LogP contribution in [0.4, 0.5) is 4.79 Å². The number of aliphatic hydroxyl groups excluding tert-OH is 1. The Labute approximate surface area is 451 Å². The molecule has 2 amide bonds. The number of amides is 2. The van der Waals surface area contributed by atoms with Gasteiger partial charge < -0.3 is 53.6 Å². The predicted octanol–water partition coefficient (Wildman–Crippen LogP) is 6.25. The smallest absolute Gasteiger partial charge is 0.407 e. The first-order chi connectivity index (χ1) is 36.2. The maximum absolute atomic E-state index is 14.6. The van der Waals surface area contributed by atoms with Crippen LogP contribution in [0.3, 0.4) is 0 Å². The van der Waals surface area contributed by atoms with Gasteiger partial charge in [-0.15, -0.1) is 0 Å². The Bertz CT molecular complexity index is 2070. The minimum Gasteiger partial charge on any atom is -0.460 e. The van der Waals surface area contributed by atoms with E-state index in [-0.39, 0.29) is 42.8 Å². The van der Waals surface area contributed by atoms with Gasteiger partial charge in [-0.2, -0.15) is 0 Å². The molecule has 2 bridgehead atoms. The molecule has 4 heterocycles. The number of allylic oxidation sites excluding steroid dienone is 6. The Morgan fingerprint density at radius 1 is 0.855 bits per heavy atom. The molecule has 428 valence electrons. The second-order valence-corrected chi connectivity index (χ2v) is 22.3. The normalized spacial score (nSPS) is 37.6. The molecule has 15 atom stereocenters. The number of carbonyl (C=O) groups excluding carboxylic acids is 6. The fraction of sp³-hybridized carbons (Fsp3) is 0.759. The summed E-state index contributed by atoms with van der Waals surface area (Å²) in [6, 6.07) is -1.17. The Balaban J connectivity index is 1.40. The SMILES string of the molecule is COC1C(=O)[C@H](C)C[C@H](C)/C=C/C=C/C=C(\C)[C@@H](OC)C[C@@H]2CCC(C)[C@@](O)(O2)C(=O)C(=O)N2CCCC[C@H]2C(=O)O[C@H]([C@H](C)C[C@@H]2CC[C@@H](OC(=O)NCCN3CCOCC3)[C@H](OC)C2)CC(=O)[C@@H](C)/C=C(\C)[C@H]1O. The number of fused-ring (bicyclic) bond motifs is 3. The number of ether oxygens (including phenoxy) is 7. The summed E-state index contributed by atoms with van der Waals surface area (Å²) in [5, 5.41) is 26.4. The third-order valence-electron chi connectivity index (χ3n) is 16.5. The van der Waals surface area contributed by atoms with E-state index in [2.05, 4.69) is 10.2 Å². The van der Waals surface area contributed by atoms with E-state index in [0.29, 0.717) is 96.1 Å². The van der Waals surface area contributed by atoms with Gasteiger partial charge in [0.1, 0.15) is 36.2 Å². The number of rotatable bonds is 10. The number of ketones is 3. The molecule has 4 aliphatic heterocycles. The maximum Gasteiger partial charge on any atom is 0.407 e. The largest absolute Gasteiger partial charge is 0.460 e. The zero-order valence-electron chi connectivity index (χ0n) is 47.1. The molecule has 18 heteroatoms. The zero-order valence-corrected chi connectivity index (χ0v) is 47.1. The number of cyclic esters (lactones) is 1. The molecule has 76 heavy (non-hydrogen) atoms. The van der Waals surface area contributed by atoms with Gasteiger partial charge in [0.05, 0.1) is 31.5 Å². The van der Waals surface area contributed by atoms with Gasteiger partial charge >= 0.3 is 12.1 Å². The number of morpholine rings is 1. The average Bonchev–Trinajstić information content (AvgIpc) is 3.41. The first-order valence-electron chi connectivity index (χ1n) is 27.9. The highest BCUT2D eigenvalue weighted by Crippen LogP contribution is 2.38. The predicted molar refractivity (Wildman–Crippen MR) is 285 cm³/mol. The lowest BCUT2D eigenvalue weighted by atomic mass is 9.78. The van der Waals surface area contributed by atoms with Crippen LogP contribution in [0.1, 0.15) is 126 Å². The number of carbonyl (C=O) groups is 6. The zero-order chi connectivity index (χ0) is 55.7. The van der Waals surface area contributed by atoms with Crippen LogP contribution in [0, 0.1) is 35.5 Å². The van der Waals surface area contributed by atoms with Crippen molar-refractivity contribution in [1.29, 1.82) is 0 Å². The standard InChI is InChI=1S/C58H91N3O15/c1-36-16-12-11-13-17-37(2)48(70-8)34-44-21-19-42(7)58(69,76-44)54(65)55(66)61-24-15-14-18-45(61)56(67)74-49(35-46(62)38(3)31-41(6)52(64)53(72-10)51(63)40(5)30-36)39(4)32-43-20-22-47(50(33-43)71-9)75-57(68)59-23-25-60-26-28-73-29-27-60/h11-13,16-17,31,36,38-40,42-45,47-50,52-53,64,69H,14-15,18-30,32-35H2,1-10H3,(H,59,68)/b13-11+,16-12+,37-17+,41-31+/t36-,38+,39-,40-,42?,43+,44+,45+,47-,48+,49+,50-,52-,53?,58-/m1/s1. The second-order valence-electron chi connectivity index (χ2n) is 22.3. The van der Waals surface area contributed by atoms with Crippen molar-refractivity contribution in [2.75, 3.05) is 67.3 Å². The van der Waals surface area contributed by atoms with Gasteiger partial charge in [-0.1, -0.05) is 71.1 Å². The molecular weight excluding hydrogens is 979 g/mol. The number of hydrogen-bond acceptors (Lipinski definition) is 16. The van der Waals surface area contributed by atoms with Crippen LogP contribution in [-0.2, 0) is 57.1 Å². The van der Waals surface area contributed by atoms with Gasteiger partial charge in [-0.3, -0.25) is 24.1 Å². The quantitative estimate of drug-likeness (QED) is 0.125. The van der Waals surface area contributed by atoms with Crippen LogP contribution < -0.4 is 5.32 Å². The Hall–Kier alpha value is -4.14. The minimum absolute atomic E-state index is 0.00409. The van der Waals surface area contributed by atoms with Crippen LogP contribution in [0.15, 0.2) is 47.6 Å². The summed E-state index contributed by atoms with van der Waals surface area (Å²) >= 11 is 0. The van der Waals surface area contributed by atoms with Crippen LogP contribution in [-0.4, -0.2) is 177 Å². The highest BCUT2D eigenvalue weighted by Gasteiger charge is 2.53. The summed E-state index contributed by atoms with van der Waals surface area (Å²) in [6.45, 7) is 16.8. The van der Waals surface area contributed by atoms with Crippen molar-refractivity contribution in [2.24, 2.45) is 35.5 Å². The molecule has 2 unspecified atom stereocenters. The molecule has 5 aliphatic rings. The minimum atomic E-state index is -2.45. The molecule has 0 aromatic carbocycles. The van der Waals surface area contributed by atoms with E-state index in [4.69, 9.17) is 33.2 Å². The molecule has 3 saturated heterocycles. The van der Waals surface area contributed by atoms with E-state index in [1.54, 1.807) is 41.1 Å². The summed E-state index contributed by atoms with van der Waals surface area (Å²) in [7, 11) is 4.53. The summed E-state index contributed by atoms with van der Waals surface area (Å²) in [4.78, 5) is 87.8. The van der Waals surface area contributed by atoms with E-state index in [1.165, 1.54) is 12.0 Å². The molecule has 3 N–H and O–H groups in total. The topological polar surface area (TPSA) is 226 Å². The third kappa shape index (κ3) is 17.4. The van der Waals surface area contributed by atoms with Crippen molar-refractivity contribution in [3.8, 4) is 0 Å². The maximum atomic E-state index is 14.6.